The van der Waals surface area contributed by atoms with Gasteiger partial charge >= 0.3 is 5.97 Å². The van der Waals surface area contributed by atoms with E-state index >= 15 is 0 Å². The molecule has 1 aromatic carbocycles. The Hall–Kier alpha value is -4.81. The van der Waals surface area contributed by atoms with Gasteiger partial charge in [0.15, 0.2) is 11.2 Å². The highest BCUT2D eigenvalue weighted by Crippen LogP contribution is 2.12. The van der Waals surface area contributed by atoms with Crippen molar-refractivity contribution in [3.63, 3.8) is 0 Å². The largest absolute Gasteiger partial charge is 0.467 e. The lowest BCUT2D eigenvalue weighted by molar-refractivity contribution is -0.142. The number of benzene rings is 1. The molecule has 174 valence electrons. The Bertz CT molecular complexity index is 1370. The van der Waals surface area contributed by atoms with Gasteiger partial charge in [-0.1, -0.05) is 0 Å². The molecule has 6 N–H and O–H groups in total. The molecule has 4 aromatic rings. The van der Waals surface area contributed by atoms with Gasteiger partial charge in [0.2, 0.25) is 5.95 Å². The normalized spacial score (nSPS) is 11.7. The number of esters is 1. The maximum absolute atomic E-state index is 12.6. The molecule has 0 unspecified atom stereocenters. The lowest BCUT2D eigenvalue weighted by Gasteiger charge is -2.16. The van der Waals surface area contributed by atoms with Crippen molar-refractivity contribution in [1.29, 1.82) is 0 Å². The summed E-state index contributed by atoms with van der Waals surface area (Å²) in [5.74, 6) is -1.01. The summed E-state index contributed by atoms with van der Waals surface area (Å²) in [5.41, 5.74) is 7.58. The van der Waals surface area contributed by atoms with E-state index in [-0.39, 0.29) is 30.1 Å². The highest BCUT2D eigenvalue weighted by Gasteiger charge is 2.23. The van der Waals surface area contributed by atoms with Gasteiger partial charge in [-0.2, -0.15) is 4.98 Å². The monoisotopic (exact) mass is 463 g/mol. The van der Waals surface area contributed by atoms with Crippen LogP contribution in [0, 0.1) is 0 Å². The standard InChI is InChI=1S/C21H21N9O4/c1-34-20(33)15(6-13-7-23-10-26-13)28-18(31)11-2-4-12(5-3-11)24-8-14-9-25-17-16(27-14)19(32)30-21(22)29-17/h2-5,7,9-10,15,24H,6,8H2,1H3,(H,23,26)(H,28,31)(H3,22,25,29,30,32)/t15-/m0/s1. The molecule has 13 heteroatoms. The van der Waals surface area contributed by atoms with Gasteiger partial charge in [0.25, 0.3) is 11.5 Å². The number of nitrogens with two attached hydrogens (primary N) is 1. The number of carbonyl (C=O) groups excluding carboxylic acids is 2. The number of nitrogens with one attached hydrogen (secondary N) is 4. The Morgan fingerprint density at radius 2 is 1.97 bits per heavy atom. The second-order valence-corrected chi connectivity index (χ2v) is 7.25. The van der Waals surface area contributed by atoms with Crippen molar-refractivity contribution in [3.8, 4) is 0 Å². The number of ether oxygens (including phenoxy) is 1. The summed E-state index contributed by atoms with van der Waals surface area (Å²) in [7, 11) is 1.26. The number of nitrogens with zero attached hydrogens (tertiary/aromatic N) is 4. The third-order valence-corrected chi connectivity index (χ3v) is 4.88. The molecule has 0 fully saturated rings. The highest BCUT2D eigenvalue weighted by atomic mass is 16.5. The van der Waals surface area contributed by atoms with E-state index in [4.69, 9.17) is 10.5 Å². The number of imidazole rings is 1. The lowest BCUT2D eigenvalue weighted by atomic mass is 10.1. The zero-order valence-electron chi connectivity index (χ0n) is 18.0. The smallest absolute Gasteiger partial charge is 0.328 e. The van der Waals surface area contributed by atoms with Crippen LogP contribution in [0.3, 0.4) is 0 Å². The molecule has 3 aromatic heterocycles. The minimum Gasteiger partial charge on any atom is -0.467 e. The third kappa shape index (κ3) is 5.15. The molecule has 4 rings (SSSR count). The van der Waals surface area contributed by atoms with Crippen LogP contribution in [0.25, 0.3) is 11.2 Å². The van der Waals surface area contributed by atoms with Crippen LogP contribution >= 0.6 is 0 Å². The van der Waals surface area contributed by atoms with Crippen molar-refractivity contribution in [2.24, 2.45) is 0 Å². The minimum absolute atomic E-state index is 0.0268. The average molecular weight is 463 g/mol. The Morgan fingerprint density at radius 1 is 1.18 bits per heavy atom. The van der Waals surface area contributed by atoms with Crippen molar-refractivity contribution in [2.45, 2.75) is 19.0 Å². The first-order valence-corrected chi connectivity index (χ1v) is 10.1. The zero-order chi connectivity index (χ0) is 24.1. The number of aromatic nitrogens is 6. The van der Waals surface area contributed by atoms with E-state index in [0.29, 0.717) is 22.6 Å². The fourth-order valence-corrected chi connectivity index (χ4v) is 3.18. The second kappa shape index (κ2) is 9.77. The topological polar surface area (TPSA) is 194 Å². The quantitative estimate of drug-likeness (QED) is 0.224. The number of hydrogen-bond donors (Lipinski definition) is 5. The summed E-state index contributed by atoms with van der Waals surface area (Å²) in [6.45, 7) is 0.285. The van der Waals surface area contributed by atoms with Gasteiger partial charge in [0.1, 0.15) is 6.04 Å². The molecule has 1 atom stereocenters. The summed E-state index contributed by atoms with van der Waals surface area (Å²) < 4.78 is 4.79. The summed E-state index contributed by atoms with van der Waals surface area (Å²) in [4.78, 5) is 58.2. The maximum Gasteiger partial charge on any atom is 0.328 e. The molecule has 34 heavy (non-hydrogen) atoms. The fraction of sp³-hybridized carbons (Fsp3) is 0.190. The summed E-state index contributed by atoms with van der Waals surface area (Å²) in [6.07, 6.45) is 4.78. The number of nitrogen functional groups attached to an aromatic ring is 1. The molecule has 0 spiro atoms. The van der Waals surface area contributed by atoms with Gasteiger partial charge in [-0.3, -0.25) is 14.6 Å². The van der Waals surface area contributed by atoms with Crippen LogP contribution in [0.15, 0.2) is 47.8 Å². The van der Waals surface area contributed by atoms with Crippen molar-refractivity contribution in [3.05, 3.63) is 70.3 Å². The molecule has 0 aliphatic rings. The van der Waals surface area contributed by atoms with E-state index < -0.39 is 23.5 Å². The number of amides is 1. The van der Waals surface area contributed by atoms with Crippen LogP contribution in [0.2, 0.25) is 0 Å². The Morgan fingerprint density at radius 3 is 2.68 bits per heavy atom. The van der Waals surface area contributed by atoms with Crippen molar-refractivity contribution in [2.75, 3.05) is 18.2 Å². The molecule has 1 amide bonds. The van der Waals surface area contributed by atoms with Crippen LogP contribution in [0.5, 0.6) is 0 Å². The summed E-state index contributed by atoms with van der Waals surface area (Å²) in [6, 6.07) is 5.79. The van der Waals surface area contributed by atoms with Crippen molar-refractivity contribution < 1.29 is 14.3 Å². The predicted octanol–water partition coefficient (Wildman–Crippen LogP) is 0.145. The van der Waals surface area contributed by atoms with Crippen LogP contribution < -0.4 is 21.9 Å². The molecule has 0 aliphatic heterocycles. The zero-order valence-corrected chi connectivity index (χ0v) is 18.0. The minimum atomic E-state index is -0.866. The highest BCUT2D eigenvalue weighted by molar-refractivity contribution is 5.97. The van der Waals surface area contributed by atoms with Crippen molar-refractivity contribution in [1.82, 2.24) is 35.2 Å². The van der Waals surface area contributed by atoms with Gasteiger partial charge in [0.05, 0.1) is 31.9 Å². The van der Waals surface area contributed by atoms with Crippen LogP contribution in [0.4, 0.5) is 11.6 Å². The number of rotatable bonds is 8. The molecule has 0 radical (unpaired) electrons. The fourth-order valence-electron chi connectivity index (χ4n) is 3.18. The van der Waals surface area contributed by atoms with Crippen molar-refractivity contribution >= 4 is 34.7 Å². The first-order valence-electron chi connectivity index (χ1n) is 10.1. The molecule has 0 aliphatic carbocycles. The number of fused-ring (bicyclic) bond motifs is 1. The van der Waals surface area contributed by atoms with E-state index in [9.17, 15) is 14.4 Å². The average Bonchev–Trinajstić information content (AvgIpc) is 3.35. The first kappa shape index (κ1) is 22.4. The number of methoxy groups -OCH3 is 1. The van der Waals surface area contributed by atoms with E-state index in [1.54, 1.807) is 30.5 Å². The van der Waals surface area contributed by atoms with Gasteiger partial charge in [-0.15, -0.1) is 0 Å². The Labute approximate surface area is 192 Å². The molecular formula is C21H21N9O4. The number of hydrogen-bond acceptors (Lipinski definition) is 10. The number of aromatic amines is 2. The van der Waals surface area contributed by atoms with Gasteiger partial charge in [0, 0.05) is 29.6 Å². The molecular weight excluding hydrogens is 442 g/mol. The summed E-state index contributed by atoms with van der Waals surface area (Å²) >= 11 is 0. The van der Waals surface area contributed by atoms with Gasteiger partial charge in [-0.05, 0) is 24.3 Å². The van der Waals surface area contributed by atoms with Crippen LogP contribution in [-0.2, 0) is 22.5 Å². The van der Waals surface area contributed by atoms with Gasteiger partial charge < -0.3 is 26.1 Å². The van der Waals surface area contributed by atoms with E-state index in [1.165, 1.54) is 19.6 Å². The molecule has 3 heterocycles. The first-order chi connectivity index (χ1) is 16.4. The van der Waals surface area contributed by atoms with E-state index in [1.807, 2.05) is 0 Å². The van der Waals surface area contributed by atoms with Gasteiger partial charge in [-0.25, -0.2) is 19.7 Å². The molecule has 0 saturated heterocycles. The Kier molecular flexibility index (Phi) is 6.43. The lowest BCUT2D eigenvalue weighted by Crippen LogP contribution is -2.43. The predicted molar refractivity (Wildman–Crippen MR) is 122 cm³/mol. The molecule has 0 bridgehead atoms. The summed E-state index contributed by atoms with van der Waals surface area (Å²) in [5, 5.41) is 5.82. The van der Waals surface area contributed by atoms with E-state index in [2.05, 4.69) is 40.5 Å². The number of carbonyl (C=O) groups is 2. The van der Waals surface area contributed by atoms with E-state index in [0.717, 1.165) is 0 Å². The Balaban J connectivity index is 1.39. The SMILES string of the molecule is COC(=O)[C@H](Cc1cnc[nH]1)NC(=O)c1ccc(NCc2cnc3nc(N)[nH]c(=O)c3n2)cc1. The van der Waals surface area contributed by atoms with Crippen LogP contribution in [-0.4, -0.2) is 54.9 Å². The third-order valence-electron chi connectivity index (χ3n) is 4.88. The molecule has 0 saturated carbocycles. The molecule has 13 nitrogen and oxygen atoms in total. The maximum atomic E-state index is 12.6. The number of H-pyrrole nitrogens is 2. The second-order valence-electron chi connectivity index (χ2n) is 7.25. The van der Waals surface area contributed by atoms with Crippen LogP contribution in [0.1, 0.15) is 21.7 Å². The number of anilines is 2.